The Bertz CT molecular complexity index is 939. The van der Waals surface area contributed by atoms with Gasteiger partial charge in [-0.25, -0.2) is 0 Å². The van der Waals surface area contributed by atoms with E-state index in [1.807, 2.05) is 30.3 Å². The number of rotatable bonds is 2. The maximum absolute atomic E-state index is 13.1. The summed E-state index contributed by atoms with van der Waals surface area (Å²) < 4.78 is 39.3. The Hall–Kier alpha value is -2.62. The van der Waals surface area contributed by atoms with Gasteiger partial charge in [-0.05, 0) is 53.4 Å². The molecule has 0 atom stereocenters. The highest BCUT2D eigenvalue weighted by atomic mass is 19.4. The molecule has 0 heterocycles. The second-order valence-electron chi connectivity index (χ2n) is 5.85. The van der Waals surface area contributed by atoms with Gasteiger partial charge >= 0.3 is 6.18 Å². The topological polar surface area (TPSA) is 17.1 Å². The van der Waals surface area contributed by atoms with Crippen molar-refractivity contribution in [2.75, 3.05) is 0 Å². The first-order valence-corrected chi connectivity index (χ1v) is 7.49. The summed E-state index contributed by atoms with van der Waals surface area (Å²) in [6, 6.07) is 14.8. The molecule has 4 heteroatoms. The second kappa shape index (κ2) is 5.78. The molecule has 0 amide bonds. The first kappa shape index (κ1) is 16.2. The zero-order valence-corrected chi connectivity index (χ0v) is 13.2. The highest BCUT2D eigenvalue weighted by molar-refractivity contribution is 6.12. The van der Waals surface area contributed by atoms with Crippen LogP contribution in [-0.2, 0) is 6.18 Å². The van der Waals surface area contributed by atoms with E-state index in [2.05, 4.69) is 0 Å². The zero-order valence-electron chi connectivity index (χ0n) is 13.2. The molecule has 122 valence electrons. The molecule has 0 radical (unpaired) electrons. The predicted octanol–water partition coefficient (Wildman–Crippen LogP) is 6.04. The molecule has 24 heavy (non-hydrogen) atoms. The minimum absolute atomic E-state index is 0.170. The first-order chi connectivity index (χ1) is 11.3. The van der Waals surface area contributed by atoms with Crippen LogP contribution in [0.25, 0.3) is 21.9 Å². The number of Topliss-reactive ketones (excluding diaryl/α,β-unsaturated/α-hetero) is 1. The molecule has 0 bridgehead atoms. The molecular formula is C20H15F3O. The van der Waals surface area contributed by atoms with Gasteiger partial charge in [-0.15, -0.1) is 0 Å². The number of hydrogen-bond donors (Lipinski definition) is 0. The van der Waals surface area contributed by atoms with Gasteiger partial charge in [0.1, 0.15) is 0 Å². The largest absolute Gasteiger partial charge is 0.416 e. The van der Waals surface area contributed by atoms with Crippen molar-refractivity contribution in [1.82, 2.24) is 0 Å². The first-order valence-electron chi connectivity index (χ1n) is 7.49. The third-order valence-corrected chi connectivity index (χ3v) is 4.00. The number of carbonyl (C=O) groups excluding carboxylic acids is 1. The Morgan fingerprint density at radius 2 is 1.67 bits per heavy atom. The normalized spacial score (nSPS) is 11.7. The van der Waals surface area contributed by atoms with E-state index in [1.54, 1.807) is 19.1 Å². The molecule has 0 aliphatic rings. The molecule has 0 unspecified atom stereocenters. The molecule has 0 spiro atoms. The van der Waals surface area contributed by atoms with Crippen molar-refractivity contribution in [2.24, 2.45) is 0 Å². The summed E-state index contributed by atoms with van der Waals surface area (Å²) in [7, 11) is 0. The number of carbonyl (C=O) groups is 1. The number of hydrogen-bond acceptors (Lipinski definition) is 1. The van der Waals surface area contributed by atoms with E-state index < -0.39 is 11.7 Å². The Kier molecular flexibility index (Phi) is 3.91. The van der Waals surface area contributed by atoms with Crippen LogP contribution >= 0.6 is 0 Å². The van der Waals surface area contributed by atoms with Gasteiger partial charge in [-0.1, -0.05) is 42.5 Å². The van der Waals surface area contributed by atoms with Crippen molar-refractivity contribution in [2.45, 2.75) is 20.0 Å². The van der Waals surface area contributed by atoms with E-state index in [-0.39, 0.29) is 5.78 Å². The fourth-order valence-electron chi connectivity index (χ4n) is 2.99. The minimum Gasteiger partial charge on any atom is -0.294 e. The van der Waals surface area contributed by atoms with Gasteiger partial charge in [0, 0.05) is 5.56 Å². The quantitative estimate of drug-likeness (QED) is 0.524. The number of benzene rings is 3. The van der Waals surface area contributed by atoms with E-state index in [4.69, 9.17) is 0 Å². The highest BCUT2D eigenvalue weighted by Gasteiger charge is 2.31. The van der Waals surface area contributed by atoms with Crippen LogP contribution in [0.4, 0.5) is 13.2 Å². The van der Waals surface area contributed by atoms with Crippen LogP contribution in [0.1, 0.15) is 28.4 Å². The summed E-state index contributed by atoms with van der Waals surface area (Å²) in [6.07, 6.45) is -4.42. The summed E-state index contributed by atoms with van der Waals surface area (Å²) in [5.74, 6) is -0.170. The number of aryl methyl sites for hydroxylation is 1. The molecule has 0 saturated carbocycles. The predicted molar refractivity (Wildman–Crippen MR) is 89.1 cm³/mol. The van der Waals surface area contributed by atoms with Gasteiger partial charge in [-0.3, -0.25) is 4.79 Å². The lowest BCUT2D eigenvalue weighted by Crippen LogP contribution is -2.06. The number of ketones is 1. The van der Waals surface area contributed by atoms with Crippen molar-refractivity contribution in [3.63, 3.8) is 0 Å². The Morgan fingerprint density at radius 3 is 2.33 bits per heavy atom. The molecule has 1 nitrogen and oxygen atoms in total. The average molecular weight is 328 g/mol. The standard InChI is InChI=1S/C20H15F3O/c1-12-9-15(11-16(10-12)20(21,22)23)18-8-7-14-5-3-4-6-17(14)19(18)13(2)24/h3-11H,1-2H3. The molecule has 0 aliphatic carbocycles. The lowest BCUT2D eigenvalue weighted by atomic mass is 9.90. The number of fused-ring (bicyclic) bond motifs is 1. The lowest BCUT2D eigenvalue weighted by Gasteiger charge is -2.14. The Labute approximate surface area is 137 Å². The second-order valence-corrected chi connectivity index (χ2v) is 5.85. The van der Waals surface area contributed by atoms with Gasteiger partial charge in [0.25, 0.3) is 0 Å². The maximum atomic E-state index is 13.1. The molecule has 3 aromatic carbocycles. The van der Waals surface area contributed by atoms with E-state index in [0.717, 1.165) is 22.9 Å². The third kappa shape index (κ3) is 2.92. The number of halogens is 3. The smallest absolute Gasteiger partial charge is 0.294 e. The molecule has 0 aromatic heterocycles. The highest BCUT2D eigenvalue weighted by Crippen LogP contribution is 2.36. The van der Waals surface area contributed by atoms with Crippen molar-refractivity contribution < 1.29 is 18.0 Å². The molecule has 3 aromatic rings. The van der Waals surface area contributed by atoms with Crippen LogP contribution in [-0.4, -0.2) is 5.78 Å². The maximum Gasteiger partial charge on any atom is 0.416 e. The average Bonchev–Trinajstić information content (AvgIpc) is 2.52. The van der Waals surface area contributed by atoms with Gasteiger partial charge in [0.2, 0.25) is 0 Å². The van der Waals surface area contributed by atoms with Crippen molar-refractivity contribution in [3.8, 4) is 11.1 Å². The zero-order chi connectivity index (χ0) is 17.5. The summed E-state index contributed by atoms with van der Waals surface area (Å²) in [5.41, 5.74) is 1.17. The Morgan fingerprint density at radius 1 is 0.958 bits per heavy atom. The van der Waals surface area contributed by atoms with E-state index in [0.29, 0.717) is 22.3 Å². The van der Waals surface area contributed by atoms with E-state index >= 15 is 0 Å². The van der Waals surface area contributed by atoms with Gasteiger partial charge in [0.15, 0.2) is 5.78 Å². The van der Waals surface area contributed by atoms with Crippen LogP contribution in [0.15, 0.2) is 54.6 Å². The van der Waals surface area contributed by atoms with E-state index in [9.17, 15) is 18.0 Å². The summed E-state index contributed by atoms with van der Waals surface area (Å²) in [4.78, 5) is 12.2. The van der Waals surface area contributed by atoms with Gasteiger partial charge in [0.05, 0.1) is 5.56 Å². The summed E-state index contributed by atoms with van der Waals surface area (Å²) >= 11 is 0. The molecular weight excluding hydrogens is 313 g/mol. The number of alkyl halides is 3. The third-order valence-electron chi connectivity index (χ3n) is 4.00. The summed E-state index contributed by atoms with van der Waals surface area (Å²) in [5, 5.41) is 1.63. The van der Waals surface area contributed by atoms with Crippen LogP contribution < -0.4 is 0 Å². The van der Waals surface area contributed by atoms with Crippen LogP contribution in [0.5, 0.6) is 0 Å². The Balaban J connectivity index is 2.33. The molecule has 0 N–H and O–H groups in total. The van der Waals surface area contributed by atoms with Crippen molar-refractivity contribution >= 4 is 16.6 Å². The molecule has 0 aliphatic heterocycles. The van der Waals surface area contributed by atoms with Crippen LogP contribution in [0.2, 0.25) is 0 Å². The lowest BCUT2D eigenvalue weighted by molar-refractivity contribution is -0.137. The van der Waals surface area contributed by atoms with Crippen molar-refractivity contribution in [3.05, 3.63) is 71.3 Å². The van der Waals surface area contributed by atoms with Gasteiger partial charge in [-0.2, -0.15) is 13.2 Å². The van der Waals surface area contributed by atoms with Gasteiger partial charge < -0.3 is 0 Å². The van der Waals surface area contributed by atoms with Crippen molar-refractivity contribution in [1.29, 1.82) is 0 Å². The van der Waals surface area contributed by atoms with E-state index in [1.165, 1.54) is 6.92 Å². The molecule has 0 saturated heterocycles. The van der Waals surface area contributed by atoms with Crippen LogP contribution in [0.3, 0.4) is 0 Å². The minimum atomic E-state index is -4.42. The molecule has 0 fully saturated rings. The SMILES string of the molecule is CC(=O)c1c(-c2cc(C)cc(C(F)(F)F)c2)ccc2ccccc12. The fourth-order valence-corrected chi connectivity index (χ4v) is 2.99. The molecule has 3 rings (SSSR count). The monoisotopic (exact) mass is 328 g/mol. The van der Waals surface area contributed by atoms with Crippen LogP contribution in [0, 0.1) is 6.92 Å². The fraction of sp³-hybridized carbons (Fsp3) is 0.150. The summed E-state index contributed by atoms with van der Waals surface area (Å²) in [6.45, 7) is 3.05.